The van der Waals surface area contributed by atoms with Gasteiger partial charge in [-0.15, -0.1) is 10.2 Å². The number of hydrogen-bond donors (Lipinski definition) is 0. The van der Waals surface area contributed by atoms with E-state index in [0.717, 1.165) is 38.9 Å². The molecule has 0 fully saturated rings. The average Bonchev–Trinajstić information content (AvgIpc) is 3.04. The van der Waals surface area contributed by atoms with E-state index >= 15 is 0 Å². The molecular weight excluding hydrogens is 424 g/mol. The van der Waals surface area contributed by atoms with Gasteiger partial charge in [-0.2, -0.15) is 9.78 Å². The molecule has 0 spiro atoms. The third-order valence-corrected chi connectivity index (χ3v) is 5.26. The second-order valence-electron chi connectivity index (χ2n) is 5.89. The lowest BCUT2D eigenvalue weighted by Gasteiger charge is -2.07. The number of aromatic nitrogens is 3. The second kappa shape index (κ2) is 9.71. The Labute approximate surface area is 172 Å². The summed E-state index contributed by atoms with van der Waals surface area (Å²) in [6, 6.07) is 16.1. The zero-order valence-corrected chi connectivity index (χ0v) is 17.7. The standard InChI is InChI=1S/C20H21BrN4OS/c1-3-12-26-19-7-5-4-6-17(19)13-22-25-15(2)23-24-20(25)27-14-16-8-10-18(21)11-9-16/h4-11,13H,3,12,14H2,1-2H3/b22-13-. The Bertz CT molecular complexity index is 909. The summed E-state index contributed by atoms with van der Waals surface area (Å²) in [4.78, 5) is 0. The largest absolute Gasteiger partial charge is 0.493 e. The first-order chi connectivity index (χ1) is 13.2. The minimum Gasteiger partial charge on any atom is -0.493 e. The number of hydrogen-bond acceptors (Lipinski definition) is 5. The number of para-hydroxylation sites is 1. The van der Waals surface area contributed by atoms with Crippen LogP contribution in [0.5, 0.6) is 5.75 Å². The van der Waals surface area contributed by atoms with Crippen LogP contribution in [0.3, 0.4) is 0 Å². The zero-order chi connectivity index (χ0) is 19.1. The van der Waals surface area contributed by atoms with E-state index in [1.807, 2.05) is 43.3 Å². The first-order valence-corrected chi connectivity index (χ1v) is 10.5. The van der Waals surface area contributed by atoms with Gasteiger partial charge < -0.3 is 4.74 Å². The van der Waals surface area contributed by atoms with Gasteiger partial charge in [0.05, 0.1) is 12.8 Å². The second-order valence-corrected chi connectivity index (χ2v) is 7.75. The van der Waals surface area contributed by atoms with Gasteiger partial charge in [-0.3, -0.25) is 0 Å². The number of nitrogens with zero attached hydrogens (tertiary/aromatic N) is 4. The van der Waals surface area contributed by atoms with Crippen molar-refractivity contribution < 1.29 is 4.74 Å². The van der Waals surface area contributed by atoms with Gasteiger partial charge in [-0.05, 0) is 43.2 Å². The van der Waals surface area contributed by atoms with Gasteiger partial charge in [-0.25, -0.2) is 0 Å². The first-order valence-electron chi connectivity index (χ1n) is 8.73. The molecule has 3 rings (SSSR count). The molecule has 0 aliphatic rings. The zero-order valence-electron chi connectivity index (χ0n) is 15.3. The Hall–Kier alpha value is -2.12. The Morgan fingerprint density at radius 2 is 1.93 bits per heavy atom. The Morgan fingerprint density at radius 3 is 2.70 bits per heavy atom. The van der Waals surface area contributed by atoms with Crippen molar-refractivity contribution in [3.05, 3.63) is 70.0 Å². The Balaban J connectivity index is 1.75. The van der Waals surface area contributed by atoms with Crippen molar-refractivity contribution in [2.45, 2.75) is 31.2 Å². The first kappa shape index (κ1) is 19.6. The molecule has 0 aliphatic heterocycles. The van der Waals surface area contributed by atoms with Gasteiger partial charge in [0.25, 0.3) is 0 Å². The van der Waals surface area contributed by atoms with Crippen LogP contribution in [0, 0.1) is 6.92 Å². The maximum absolute atomic E-state index is 5.79. The number of benzene rings is 2. The molecule has 3 aromatic rings. The molecule has 2 aromatic carbocycles. The lowest BCUT2D eigenvalue weighted by Crippen LogP contribution is -2.00. The van der Waals surface area contributed by atoms with E-state index in [1.165, 1.54) is 5.56 Å². The third-order valence-electron chi connectivity index (χ3n) is 3.74. The van der Waals surface area contributed by atoms with Crippen LogP contribution in [0.25, 0.3) is 0 Å². The van der Waals surface area contributed by atoms with Gasteiger partial charge in [0, 0.05) is 15.8 Å². The molecule has 0 amide bonds. The Morgan fingerprint density at radius 1 is 1.15 bits per heavy atom. The molecule has 140 valence electrons. The van der Waals surface area contributed by atoms with Crippen molar-refractivity contribution in [2.24, 2.45) is 5.10 Å². The summed E-state index contributed by atoms with van der Waals surface area (Å²) in [7, 11) is 0. The van der Waals surface area contributed by atoms with Crippen LogP contribution in [0.4, 0.5) is 0 Å². The number of ether oxygens (including phenoxy) is 1. The van der Waals surface area contributed by atoms with Gasteiger partial charge in [-0.1, -0.05) is 58.9 Å². The van der Waals surface area contributed by atoms with Crippen LogP contribution in [0.1, 0.15) is 30.3 Å². The summed E-state index contributed by atoms with van der Waals surface area (Å²) in [6.07, 6.45) is 2.76. The smallest absolute Gasteiger partial charge is 0.212 e. The third kappa shape index (κ3) is 5.43. The maximum atomic E-state index is 5.79. The van der Waals surface area contributed by atoms with E-state index in [9.17, 15) is 0 Å². The number of thioether (sulfide) groups is 1. The fraction of sp³-hybridized carbons (Fsp3) is 0.250. The molecule has 0 bridgehead atoms. The van der Waals surface area contributed by atoms with Crippen molar-refractivity contribution in [3.63, 3.8) is 0 Å². The quantitative estimate of drug-likeness (QED) is 0.348. The van der Waals surface area contributed by atoms with E-state index in [2.05, 4.69) is 50.3 Å². The molecule has 0 unspecified atom stereocenters. The number of rotatable bonds is 8. The fourth-order valence-corrected chi connectivity index (χ4v) is 3.49. The van der Waals surface area contributed by atoms with Crippen molar-refractivity contribution >= 4 is 33.9 Å². The number of halogens is 1. The van der Waals surface area contributed by atoms with Crippen molar-refractivity contribution in [3.8, 4) is 5.75 Å². The van der Waals surface area contributed by atoms with E-state index in [4.69, 9.17) is 4.74 Å². The van der Waals surface area contributed by atoms with E-state index in [1.54, 1.807) is 22.7 Å². The highest BCUT2D eigenvalue weighted by molar-refractivity contribution is 9.10. The molecular formula is C20H21BrN4OS. The maximum Gasteiger partial charge on any atom is 0.212 e. The summed E-state index contributed by atoms with van der Waals surface area (Å²) < 4.78 is 8.63. The average molecular weight is 445 g/mol. The monoisotopic (exact) mass is 444 g/mol. The lowest BCUT2D eigenvalue weighted by molar-refractivity contribution is 0.317. The summed E-state index contributed by atoms with van der Waals surface area (Å²) in [5.74, 6) is 2.38. The van der Waals surface area contributed by atoms with Crippen molar-refractivity contribution in [1.82, 2.24) is 14.9 Å². The predicted molar refractivity (Wildman–Crippen MR) is 114 cm³/mol. The lowest BCUT2D eigenvalue weighted by atomic mass is 10.2. The van der Waals surface area contributed by atoms with Crippen LogP contribution in [0.15, 0.2) is 63.3 Å². The van der Waals surface area contributed by atoms with Gasteiger partial charge in [0.1, 0.15) is 5.75 Å². The molecule has 0 atom stereocenters. The van der Waals surface area contributed by atoms with E-state index in [0.29, 0.717) is 6.61 Å². The minimum absolute atomic E-state index is 0.685. The molecule has 0 saturated carbocycles. The molecule has 27 heavy (non-hydrogen) atoms. The summed E-state index contributed by atoms with van der Waals surface area (Å²) in [5, 5.41) is 13.8. The SMILES string of the molecule is CCCOc1ccccc1/C=N\n1c(C)nnc1SCc1ccc(Br)cc1. The fourth-order valence-electron chi connectivity index (χ4n) is 2.34. The van der Waals surface area contributed by atoms with Crippen LogP contribution in [-0.2, 0) is 5.75 Å². The molecule has 7 heteroatoms. The normalized spacial score (nSPS) is 11.2. The predicted octanol–water partition coefficient (Wildman–Crippen LogP) is 5.31. The minimum atomic E-state index is 0.685. The molecule has 0 radical (unpaired) electrons. The highest BCUT2D eigenvalue weighted by Crippen LogP contribution is 2.23. The summed E-state index contributed by atoms with van der Waals surface area (Å²) >= 11 is 5.07. The van der Waals surface area contributed by atoms with Gasteiger partial charge >= 0.3 is 0 Å². The topological polar surface area (TPSA) is 52.3 Å². The highest BCUT2D eigenvalue weighted by atomic mass is 79.9. The van der Waals surface area contributed by atoms with Crippen LogP contribution < -0.4 is 4.74 Å². The van der Waals surface area contributed by atoms with E-state index in [-0.39, 0.29) is 0 Å². The van der Waals surface area contributed by atoms with Crippen LogP contribution in [0.2, 0.25) is 0 Å². The van der Waals surface area contributed by atoms with Gasteiger partial charge in [0.15, 0.2) is 5.82 Å². The van der Waals surface area contributed by atoms with Gasteiger partial charge in [0.2, 0.25) is 5.16 Å². The van der Waals surface area contributed by atoms with E-state index < -0.39 is 0 Å². The summed E-state index contributed by atoms with van der Waals surface area (Å²) in [5.41, 5.74) is 2.15. The Kier molecular flexibility index (Phi) is 7.06. The number of aryl methyl sites for hydroxylation is 1. The van der Waals surface area contributed by atoms with Crippen LogP contribution in [-0.4, -0.2) is 27.7 Å². The van der Waals surface area contributed by atoms with Crippen molar-refractivity contribution in [1.29, 1.82) is 0 Å². The van der Waals surface area contributed by atoms with Crippen LogP contribution >= 0.6 is 27.7 Å². The molecule has 5 nitrogen and oxygen atoms in total. The molecule has 0 N–H and O–H groups in total. The molecule has 0 saturated heterocycles. The van der Waals surface area contributed by atoms with Crippen molar-refractivity contribution in [2.75, 3.05) is 6.61 Å². The molecule has 1 aromatic heterocycles. The molecule has 0 aliphatic carbocycles. The summed E-state index contributed by atoms with van der Waals surface area (Å²) in [6.45, 7) is 4.67. The highest BCUT2D eigenvalue weighted by Gasteiger charge is 2.09. The molecule has 1 heterocycles.